The Morgan fingerprint density at radius 3 is 2.17 bits per heavy atom. The Labute approximate surface area is 107 Å². The van der Waals surface area contributed by atoms with Crippen LogP contribution in [0.3, 0.4) is 0 Å². The summed E-state index contributed by atoms with van der Waals surface area (Å²) in [6, 6.07) is 1.54. The molecule has 0 saturated heterocycles. The zero-order valence-electron chi connectivity index (χ0n) is 8.56. The monoisotopic (exact) mass is 332 g/mol. The van der Waals surface area contributed by atoms with Crippen molar-refractivity contribution in [2.45, 2.75) is 18.5 Å². The third-order valence-corrected chi connectivity index (χ3v) is 2.72. The summed E-state index contributed by atoms with van der Waals surface area (Å²) in [6.07, 6.45) is -6.14. The molecule has 1 rings (SSSR count). The van der Waals surface area contributed by atoms with Gasteiger partial charge in [-0.1, -0.05) is 22.0 Å². The second-order valence-electron chi connectivity index (χ2n) is 3.47. The van der Waals surface area contributed by atoms with Crippen molar-refractivity contribution in [2.24, 2.45) is 0 Å². The van der Waals surface area contributed by atoms with Gasteiger partial charge in [0.15, 0.2) is 0 Å². The number of halogens is 6. The number of rotatable bonds is 3. The summed E-state index contributed by atoms with van der Waals surface area (Å²) in [7, 11) is 0. The molecule has 100 valence electrons. The molecule has 0 aliphatic carbocycles. The molecule has 0 bridgehead atoms. The predicted octanol–water partition coefficient (Wildman–Crippen LogP) is 4.03. The largest absolute Gasteiger partial charge is 0.481 e. The van der Waals surface area contributed by atoms with E-state index in [4.69, 9.17) is 5.11 Å². The first-order valence-electron chi connectivity index (χ1n) is 4.51. The van der Waals surface area contributed by atoms with Crippen LogP contribution in [0.4, 0.5) is 22.0 Å². The number of alkyl halides is 5. The normalized spacial score (nSPS) is 12.6. The summed E-state index contributed by atoms with van der Waals surface area (Å²) in [4.78, 5) is 10.3. The highest BCUT2D eigenvalue weighted by atomic mass is 79.9. The summed E-state index contributed by atoms with van der Waals surface area (Å²) < 4.78 is 63.2. The highest BCUT2D eigenvalue weighted by Crippen LogP contribution is 2.39. The minimum atomic E-state index is -4.65. The Hall–Kier alpha value is -1.18. The van der Waals surface area contributed by atoms with Crippen molar-refractivity contribution in [1.82, 2.24) is 0 Å². The van der Waals surface area contributed by atoms with Crippen molar-refractivity contribution in [3.63, 3.8) is 0 Å². The quantitative estimate of drug-likeness (QED) is 0.848. The van der Waals surface area contributed by atoms with Crippen LogP contribution in [0.2, 0.25) is 0 Å². The maximum absolute atomic E-state index is 13.4. The minimum absolute atomic E-state index is 0.482. The van der Waals surface area contributed by atoms with Crippen LogP contribution in [0, 0.1) is 0 Å². The number of carboxylic acid groups (broad SMARTS) is 1. The van der Waals surface area contributed by atoms with Crippen LogP contribution in [0.1, 0.15) is 17.5 Å². The van der Waals surface area contributed by atoms with Gasteiger partial charge in [-0.2, -0.15) is 13.2 Å². The first kappa shape index (κ1) is 14.9. The third kappa shape index (κ3) is 3.41. The molecule has 0 unspecified atom stereocenters. The Morgan fingerprint density at radius 2 is 1.78 bits per heavy atom. The van der Waals surface area contributed by atoms with E-state index in [0.717, 1.165) is 0 Å². The van der Waals surface area contributed by atoms with Crippen LogP contribution in [0.5, 0.6) is 0 Å². The van der Waals surface area contributed by atoms with E-state index in [9.17, 15) is 26.7 Å². The van der Waals surface area contributed by atoms with Gasteiger partial charge < -0.3 is 5.11 Å². The highest BCUT2D eigenvalue weighted by molar-refractivity contribution is 9.10. The molecule has 18 heavy (non-hydrogen) atoms. The van der Waals surface area contributed by atoms with Crippen LogP contribution in [0.15, 0.2) is 22.7 Å². The summed E-state index contributed by atoms with van der Waals surface area (Å²) in [5, 5.41) is 8.31. The maximum atomic E-state index is 13.4. The molecule has 0 saturated carbocycles. The Morgan fingerprint density at radius 1 is 1.22 bits per heavy atom. The van der Waals surface area contributed by atoms with Gasteiger partial charge in [0, 0.05) is 10.0 Å². The van der Waals surface area contributed by atoms with Gasteiger partial charge in [-0.3, -0.25) is 4.79 Å². The second-order valence-corrected chi connectivity index (χ2v) is 4.32. The van der Waals surface area contributed by atoms with Gasteiger partial charge in [0.1, 0.15) is 6.42 Å². The molecule has 0 aromatic heterocycles. The molecule has 0 amide bonds. The molecule has 8 heteroatoms. The lowest BCUT2D eigenvalue weighted by Gasteiger charge is -2.17. The third-order valence-electron chi connectivity index (χ3n) is 2.06. The van der Waals surface area contributed by atoms with Crippen molar-refractivity contribution in [3.8, 4) is 0 Å². The number of aliphatic carboxylic acids is 1. The average molecular weight is 333 g/mol. The fraction of sp³-hybridized carbons (Fsp3) is 0.300. The van der Waals surface area contributed by atoms with Crippen LogP contribution >= 0.6 is 15.9 Å². The van der Waals surface area contributed by atoms with E-state index < -0.39 is 40.1 Å². The number of hydrogen-bond donors (Lipinski definition) is 1. The second kappa shape index (κ2) is 4.83. The fourth-order valence-corrected chi connectivity index (χ4v) is 1.94. The van der Waals surface area contributed by atoms with Gasteiger partial charge in [-0.05, 0) is 12.1 Å². The topological polar surface area (TPSA) is 37.3 Å². The zero-order valence-corrected chi connectivity index (χ0v) is 10.1. The van der Waals surface area contributed by atoms with Crippen LogP contribution in [0.25, 0.3) is 0 Å². The van der Waals surface area contributed by atoms with Gasteiger partial charge in [-0.15, -0.1) is 0 Å². The van der Waals surface area contributed by atoms with Crippen LogP contribution < -0.4 is 0 Å². The molecule has 0 radical (unpaired) electrons. The zero-order chi connectivity index (χ0) is 14.1. The molecule has 1 aromatic rings. The average Bonchev–Trinajstić information content (AvgIpc) is 2.13. The van der Waals surface area contributed by atoms with Crippen molar-refractivity contribution >= 4 is 21.9 Å². The van der Waals surface area contributed by atoms with Crippen LogP contribution in [-0.2, 0) is 16.9 Å². The van der Waals surface area contributed by atoms with Gasteiger partial charge in [0.05, 0.1) is 5.56 Å². The smallest absolute Gasteiger partial charge is 0.416 e. The van der Waals surface area contributed by atoms with E-state index in [1.165, 1.54) is 0 Å². The minimum Gasteiger partial charge on any atom is -0.481 e. The molecule has 2 nitrogen and oxygen atoms in total. The summed E-state index contributed by atoms with van der Waals surface area (Å²) >= 11 is 2.59. The van der Waals surface area contributed by atoms with Crippen LogP contribution in [-0.4, -0.2) is 11.1 Å². The molecule has 1 N–H and O–H groups in total. The highest BCUT2D eigenvalue weighted by Gasteiger charge is 2.38. The van der Waals surface area contributed by atoms with E-state index >= 15 is 0 Å². The van der Waals surface area contributed by atoms with Gasteiger partial charge >= 0.3 is 12.1 Å². The number of carboxylic acids is 1. The molecule has 0 spiro atoms. The lowest BCUT2D eigenvalue weighted by atomic mass is 10.0. The lowest BCUT2D eigenvalue weighted by molar-refractivity contribution is -0.146. The van der Waals surface area contributed by atoms with E-state index in [-0.39, 0.29) is 0 Å². The maximum Gasteiger partial charge on any atom is 0.416 e. The molecule has 1 aromatic carbocycles. The predicted molar refractivity (Wildman–Crippen MR) is 55.3 cm³/mol. The van der Waals surface area contributed by atoms with Gasteiger partial charge in [0.2, 0.25) is 0 Å². The molecule has 0 aliphatic rings. The van der Waals surface area contributed by atoms with E-state index in [1.54, 1.807) is 0 Å². The van der Waals surface area contributed by atoms with Crippen molar-refractivity contribution in [2.75, 3.05) is 0 Å². The number of hydrogen-bond acceptors (Lipinski definition) is 1. The van der Waals surface area contributed by atoms with E-state index in [0.29, 0.717) is 18.2 Å². The molecular formula is C10H6BrF5O2. The molecule has 0 aliphatic heterocycles. The van der Waals surface area contributed by atoms with Crippen molar-refractivity contribution in [1.29, 1.82) is 0 Å². The summed E-state index contributed by atoms with van der Waals surface area (Å²) in [5.41, 5.74) is -1.89. The van der Waals surface area contributed by atoms with E-state index in [1.807, 2.05) is 0 Å². The molecule has 0 atom stereocenters. The van der Waals surface area contributed by atoms with Crippen molar-refractivity contribution < 1.29 is 31.9 Å². The fourth-order valence-electron chi connectivity index (χ4n) is 1.27. The van der Waals surface area contributed by atoms with Gasteiger partial charge in [-0.25, -0.2) is 8.78 Å². The Balaban J connectivity index is 3.17. The first-order chi connectivity index (χ1) is 8.04. The number of carbonyl (C=O) groups is 1. The Bertz CT molecular complexity index is 470. The molecular weight excluding hydrogens is 327 g/mol. The lowest BCUT2D eigenvalue weighted by Crippen LogP contribution is -2.19. The summed E-state index contributed by atoms with van der Waals surface area (Å²) in [5.74, 6) is -5.48. The standard InChI is InChI=1S/C10H6BrF5O2/c11-7-3-5(10(14,15)16)1-2-6(7)9(12,13)4-8(17)18/h1-3H,4H2,(H,17,18). The number of benzene rings is 1. The van der Waals surface area contributed by atoms with Crippen molar-refractivity contribution in [3.05, 3.63) is 33.8 Å². The summed E-state index contributed by atoms with van der Waals surface area (Å²) in [6.45, 7) is 0. The Kier molecular flexibility index (Phi) is 3.99. The van der Waals surface area contributed by atoms with Gasteiger partial charge in [0.25, 0.3) is 5.92 Å². The molecule has 0 heterocycles. The first-order valence-corrected chi connectivity index (χ1v) is 5.30. The molecule has 0 fully saturated rings. The van der Waals surface area contributed by atoms with E-state index in [2.05, 4.69) is 15.9 Å². The SMILES string of the molecule is O=C(O)CC(F)(F)c1ccc(C(F)(F)F)cc1Br.